The Bertz CT molecular complexity index is 773. The van der Waals surface area contributed by atoms with Gasteiger partial charge in [0.15, 0.2) is 0 Å². The summed E-state index contributed by atoms with van der Waals surface area (Å²) in [6, 6.07) is 9.50. The first kappa shape index (κ1) is 21.8. The third-order valence-electron chi connectivity index (χ3n) is 6.55. The van der Waals surface area contributed by atoms with E-state index in [2.05, 4.69) is 10.2 Å². The minimum atomic E-state index is -0.299. The molecule has 8 heteroatoms. The van der Waals surface area contributed by atoms with Gasteiger partial charge in [0.25, 0.3) is 0 Å². The number of amides is 3. The van der Waals surface area contributed by atoms with E-state index in [1.165, 1.54) is 0 Å². The van der Waals surface area contributed by atoms with Crippen molar-refractivity contribution in [3.8, 4) is 0 Å². The lowest BCUT2D eigenvalue weighted by Gasteiger charge is -2.33. The van der Waals surface area contributed by atoms with Gasteiger partial charge < -0.3 is 19.9 Å². The number of para-hydroxylation sites is 1. The lowest BCUT2D eigenvalue weighted by atomic mass is 9.94. The maximum absolute atomic E-state index is 13.0. The Morgan fingerprint density at radius 3 is 2.42 bits per heavy atom. The first-order chi connectivity index (χ1) is 15.1. The standard InChI is InChI=1S/C23H32N4O4/c28-21-16-19(17-27(21)20-4-2-1-3-5-20)23(30)26-9-6-18(7-10-26)22(29)24-8-11-25-12-14-31-15-13-25/h1-5,18-19H,6-17H2,(H,24,29). The summed E-state index contributed by atoms with van der Waals surface area (Å²) in [7, 11) is 0. The smallest absolute Gasteiger partial charge is 0.228 e. The first-order valence-electron chi connectivity index (χ1n) is 11.3. The van der Waals surface area contributed by atoms with Crippen LogP contribution in [0.3, 0.4) is 0 Å². The van der Waals surface area contributed by atoms with E-state index in [1.54, 1.807) is 4.90 Å². The average molecular weight is 429 g/mol. The molecule has 31 heavy (non-hydrogen) atoms. The highest BCUT2D eigenvalue weighted by atomic mass is 16.5. The van der Waals surface area contributed by atoms with Crippen LogP contribution in [0, 0.1) is 11.8 Å². The molecule has 1 aromatic rings. The molecule has 3 heterocycles. The summed E-state index contributed by atoms with van der Waals surface area (Å²) in [5.74, 6) is -0.213. The second-order valence-electron chi connectivity index (χ2n) is 8.59. The summed E-state index contributed by atoms with van der Waals surface area (Å²) < 4.78 is 5.34. The summed E-state index contributed by atoms with van der Waals surface area (Å²) in [5.41, 5.74) is 0.843. The number of morpholine rings is 1. The van der Waals surface area contributed by atoms with Crippen molar-refractivity contribution in [2.24, 2.45) is 11.8 Å². The van der Waals surface area contributed by atoms with Gasteiger partial charge in [0.1, 0.15) is 0 Å². The van der Waals surface area contributed by atoms with Crippen LogP contribution in [0.5, 0.6) is 0 Å². The fourth-order valence-electron chi connectivity index (χ4n) is 4.66. The molecule has 0 spiro atoms. The second kappa shape index (κ2) is 10.2. The molecule has 1 aromatic carbocycles. The van der Waals surface area contributed by atoms with E-state index >= 15 is 0 Å². The highest BCUT2D eigenvalue weighted by Gasteiger charge is 2.38. The molecular formula is C23H32N4O4. The number of nitrogens with zero attached hydrogens (tertiary/aromatic N) is 3. The van der Waals surface area contributed by atoms with Crippen LogP contribution in [-0.2, 0) is 19.1 Å². The lowest BCUT2D eigenvalue weighted by Crippen LogP contribution is -2.46. The van der Waals surface area contributed by atoms with Crippen LogP contribution in [0.15, 0.2) is 30.3 Å². The van der Waals surface area contributed by atoms with Gasteiger partial charge in [-0.05, 0) is 25.0 Å². The van der Waals surface area contributed by atoms with Crippen LogP contribution in [-0.4, -0.2) is 86.5 Å². The normalized spacial score (nSPS) is 23.2. The van der Waals surface area contributed by atoms with E-state index in [1.807, 2.05) is 35.2 Å². The van der Waals surface area contributed by atoms with E-state index in [-0.39, 0.29) is 36.0 Å². The predicted octanol–water partition coefficient (Wildman–Crippen LogP) is 0.727. The van der Waals surface area contributed by atoms with Crippen LogP contribution in [0.4, 0.5) is 5.69 Å². The lowest BCUT2D eigenvalue weighted by molar-refractivity contribution is -0.139. The molecule has 3 fully saturated rings. The molecule has 3 saturated heterocycles. The van der Waals surface area contributed by atoms with Gasteiger partial charge in [-0.3, -0.25) is 19.3 Å². The van der Waals surface area contributed by atoms with Gasteiger partial charge >= 0.3 is 0 Å². The molecular weight excluding hydrogens is 396 g/mol. The topological polar surface area (TPSA) is 82.2 Å². The Kier molecular flexibility index (Phi) is 7.19. The number of rotatable bonds is 6. The number of anilines is 1. The van der Waals surface area contributed by atoms with E-state index in [0.717, 1.165) is 38.5 Å². The number of hydrogen-bond donors (Lipinski definition) is 1. The van der Waals surface area contributed by atoms with Crippen molar-refractivity contribution < 1.29 is 19.1 Å². The van der Waals surface area contributed by atoms with Gasteiger partial charge in [0, 0.05) is 63.8 Å². The number of likely N-dealkylation sites (tertiary alicyclic amines) is 1. The number of hydrogen-bond acceptors (Lipinski definition) is 5. The van der Waals surface area contributed by atoms with E-state index < -0.39 is 0 Å². The number of carbonyl (C=O) groups is 3. The van der Waals surface area contributed by atoms with E-state index in [9.17, 15) is 14.4 Å². The summed E-state index contributed by atoms with van der Waals surface area (Å²) in [6.45, 7) is 6.45. The SMILES string of the molecule is O=C(NCCN1CCOCC1)C1CCN(C(=O)C2CC(=O)N(c3ccccc3)C2)CC1. The third kappa shape index (κ3) is 5.43. The Balaban J connectivity index is 1.20. The first-order valence-corrected chi connectivity index (χ1v) is 11.3. The predicted molar refractivity (Wildman–Crippen MR) is 116 cm³/mol. The Morgan fingerprint density at radius 1 is 1.00 bits per heavy atom. The number of nitrogens with one attached hydrogen (secondary N) is 1. The maximum atomic E-state index is 13.0. The molecule has 0 radical (unpaired) electrons. The highest BCUT2D eigenvalue weighted by Crippen LogP contribution is 2.27. The van der Waals surface area contributed by atoms with Gasteiger partial charge in [-0.1, -0.05) is 18.2 Å². The minimum Gasteiger partial charge on any atom is -0.379 e. The zero-order valence-electron chi connectivity index (χ0n) is 18.0. The molecule has 1 N–H and O–H groups in total. The summed E-state index contributed by atoms with van der Waals surface area (Å²) in [6.07, 6.45) is 1.62. The molecule has 3 aliphatic heterocycles. The summed E-state index contributed by atoms with van der Waals surface area (Å²) >= 11 is 0. The number of benzene rings is 1. The van der Waals surface area contributed by atoms with Crippen LogP contribution in [0.2, 0.25) is 0 Å². The van der Waals surface area contributed by atoms with Gasteiger partial charge in [-0.15, -0.1) is 0 Å². The fourth-order valence-corrected chi connectivity index (χ4v) is 4.66. The summed E-state index contributed by atoms with van der Waals surface area (Å²) in [4.78, 5) is 43.7. The largest absolute Gasteiger partial charge is 0.379 e. The number of ether oxygens (including phenoxy) is 1. The third-order valence-corrected chi connectivity index (χ3v) is 6.55. The van der Waals surface area contributed by atoms with Crippen molar-refractivity contribution in [3.05, 3.63) is 30.3 Å². The van der Waals surface area contributed by atoms with Crippen LogP contribution in [0.25, 0.3) is 0 Å². The zero-order valence-corrected chi connectivity index (χ0v) is 18.0. The summed E-state index contributed by atoms with van der Waals surface area (Å²) in [5, 5.41) is 3.05. The molecule has 0 saturated carbocycles. The van der Waals surface area contributed by atoms with Crippen molar-refractivity contribution in [3.63, 3.8) is 0 Å². The Labute approximate surface area is 183 Å². The second-order valence-corrected chi connectivity index (χ2v) is 8.59. The van der Waals surface area contributed by atoms with Gasteiger partial charge in [0.2, 0.25) is 17.7 Å². The highest BCUT2D eigenvalue weighted by molar-refractivity contribution is 6.00. The molecule has 3 amide bonds. The van der Waals surface area contributed by atoms with Crippen LogP contribution < -0.4 is 10.2 Å². The Hall–Kier alpha value is -2.45. The van der Waals surface area contributed by atoms with Crippen molar-refractivity contribution in [2.45, 2.75) is 19.3 Å². The molecule has 0 aromatic heterocycles. The monoisotopic (exact) mass is 428 g/mol. The molecule has 4 rings (SSSR count). The van der Waals surface area contributed by atoms with Crippen molar-refractivity contribution in [1.82, 2.24) is 15.1 Å². The Morgan fingerprint density at radius 2 is 1.71 bits per heavy atom. The van der Waals surface area contributed by atoms with Crippen molar-refractivity contribution in [2.75, 3.05) is 63.9 Å². The van der Waals surface area contributed by atoms with Crippen molar-refractivity contribution in [1.29, 1.82) is 0 Å². The molecule has 0 aliphatic carbocycles. The molecule has 0 bridgehead atoms. The van der Waals surface area contributed by atoms with E-state index in [0.29, 0.717) is 39.0 Å². The minimum absolute atomic E-state index is 0.000850. The number of carbonyl (C=O) groups excluding carboxylic acids is 3. The molecule has 1 unspecified atom stereocenters. The van der Waals surface area contributed by atoms with Crippen molar-refractivity contribution >= 4 is 23.4 Å². The molecule has 168 valence electrons. The average Bonchev–Trinajstić information content (AvgIpc) is 3.21. The quantitative estimate of drug-likeness (QED) is 0.722. The fraction of sp³-hybridized carbons (Fsp3) is 0.609. The molecule has 1 atom stereocenters. The van der Waals surface area contributed by atoms with Gasteiger partial charge in [-0.25, -0.2) is 0 Å². The van der Waals surface area contributed by atoms with Crippen LogP contribution in [0.1, 0.15) is 19.3 Å². The van der Waals surface area contributed by atoms with Gasteiger partial charge in [-0.2, -0.15) is 0 Å². The number of piperidine rings is 1. The zero-order chi connectivity index (χ0) is 21.6. The van der Waals surface area contributed by atoms with Crippen LogP contribution >= 0.6 is 0 Å². The van der Waals surface area contributed by atoms with E-state index in [4.69, 9.17) is 4.74 Å². The maximum Gasteiger partial charge on any atom is 0.228 e. The molecule has 3 aliphatic rings. The van der Waals surface area contributed by atoms with Gasteiger partial charge in [0.05, 0.1) is 19.1 Å². The molecule has 8 nitrogen and oxygen atoms in total.